The van der Waals surface area contributed by atoms with Crippen molar-refractivity contribution in [2.24, 2.45) is 5.73 Å². The summed E-state index contributed by atoms with van der Waals surface area (Å²) in [6, 6.07) is 19.1. The third-order valence-electron chi connectivity index (χ3n) is 3.46. The summed E-state index contributed by atoms with van der Waals surface area (Å²) in [5.41, 5.74) is 9.07. The van der Waals surface area contributed by atoms with Crippen molar-refractivity contribution in [1.82, 2.24) is 0 Å². The van der Waals surface area contributed by atoms with Crippen LogP contribution in [0.25, 0.3) is 0 Å². The van der Waals surface area contributed by atoms with Gasteiger partial charge in [-0.25, -0.2) is 0 Å². The van der Waals surface area contributed by atoms with Crippen molar-refractivity contribution in [2.45, 2.75) is 32.1 Å². The SMILES string of the molecule is NC(=O)CCc1ccc(CCCc2ccccc2)cc1. The molecule has 0 fully saturated rings. The summed E-state index contributed by atoms with van der Waals surface area (Å²) in [5.74, 6) is -0.239. The first-order chi connectivity index (χ1) is 9.74. The van der Waals surface area contributed by atoms with Gasteiger partial charge in [-0.05, 0) is 42.4 Å². The molecule has 2 rings (SSSR count). The minimum Gasteiger partial charge on any atom is -0.370 e. The monoisotopic (exact) mass is 267 g/mol. The minimum absolute atomic E-state index is 0.239. The molecular formula is C18H21NO. The van der Waals surface area contributed by atoms with Crippen molar-refractivity contribution in [3.63, 3.8) is 0 Å². The number of carbonyl (C=O) groups is 1. The summed E-state index contributed by atoms with van der Waals surface area (Å²) in [6.45, 7) is 0. The van der Waals surface area contributed by atoms with Crippen LogP contribution in [0.1, 0.15) is 29.5 Å². The quantitative estimate of drug-likeness (QED) is 0.822. The zero-order chi connectivity index (χ0) is 14.2. The third-order valence-corrected chi connectivity index (χ3v) is 3.46. The zero-order valence-corrected chi connectivity index (χ0v) is 11.7. The van der Waals surface area contributed by atoms with Gasteiger partial charge >= 0.3 is 0 Å². The number of aryl methyl sites for hydroxylation is 3. The first-order valence-electron chi connectivity index (χ1n) is 7.14. The Kier molecular flexibility index (Phi) is 5.36. The Morgan fingerprint density at radius 3 is 1.80 bits per heavy atom. The fourth-order valence-electron chi connectivity index (χ4n) is 2.28. The molecule has 2 nitrogen and oxygen atoms in total. The van der Waals surface area contributed by atoms with Crippen molar-refractivity contribution < 1.29 is 4.79 Å². The summed E-state index contributed by atoms with van der Waals surface area (Å²) in [7, 11) is 0. The van der Waals surface area contributed by atoms with Crippen molar-refractivity contribution >= 4 is 5.91 Å². The number of nitrogens with two attached hydrogens (primary N) is 1. The molecule has 2 aromatic rings. The molecule has 104 valence electrons. The van der Waals surface area contributed by atoms with Crippen molar-refractivity contribution in [1.29, 1.82) is 0 Å². The summed E-state index contributed by atoms with van der Waals surface area (Å²) in [5, 5.41) is 0. The van der Waals surface area contributed by atoms with E-state index in [1.165, 1.54) is 16.7 Å². The Bertz CT molecular complexity index is 531. The van der Waals surface area contributed by atoms with Gasteiger partial charge in [0.05, 0.1) is 0 Å². The summed E-state index contributed by atoms with van der Waals surface area (Å²) >= 11 is 0. The van der Waals surface area contributed by atoms with Crippen molar-refractivity contribution in [2.75, 3.05) is 0 Å². The predicted octanol–water partition coefficient (Wildman–Crippen LogP) is 3.28. The molecule has 0 aliphatic heterocycles. The average molecular weight is 267 g/mol. The summed E-state index contributed by atoms with van der Waals surface area (Å²) < 4.78 is 0. The summed E-state index contributed by atoms with van der Waals surface area (Å²) in [6.07, 6.45) is 4.52. The second-order valence-corrected chi connectivity index (χ2v) is 5.12. The van der Waals surface area contributed by atoms with Crippen LogP contribution >= 0.6 is 0 Å². The Hall–Kier alpha value is -2.09. The van der Waals surface area contributed by atoms with Crippen LogP contribution in [0.4, 0.5) is 0 Å². The van der Waals surface area contributed by atoms with Gasteiger partial charge in [0.1, 0.15) is 0 Å². The lowest BCUT2D eigenvalue weighted by molar-refractivity contribution is -0.117. The second-order valence-electron chi connectivity index (χ2n) is 5.12. The van der Waals surface area contributed by atoms with E-state index in [0.29, 0.717) is 6.42 Å². The van der Waals surface area contributed by atoms with Gasteiger partial charge in [0, 0.05) is 6.42 Å². The molecule has 0 bridgehead atoms. The highest BCUT2D eigenvalue weighted by atomic mass is 16.1. The van der Waals surface area contributed by atoms with Crippen LogP contribution < -0.4 is 5.73 Å². The van der Waals surface area contributed by atoms with Crippen molar-refractivity contribution in [3.05, 3.63) is 71.3 Å². The van der Waals surface area contributed by atoms with E-state index in [0.717, 1.165) is 25.7 Å². The number of benzene rings is 2. The van der Waals surface area contributed by atoms with E-state index in [9.17, 15) is 4.79 Å². The molecule has 0 heterocycles. The normalized spacial score (nSPS) is 10.4. The standard InChI is InChI=1S/C18H21NO/c19-18(20)14-13-17-11-9-16(10-12-17)8-4-7-15-5-2-1-3-6-15/h1-3,5-6,9-12H,4,7-8,13-14H2,(H2,19,20). The third kappa shape index (κ3) is 4.88. The van der Waals surface area contributed by atoms with Gasteiger partial charge in [-0.15, -0.1) is 0 Å². The molecule has 0 aliphatic rings. The molecule has 20 heavy (non-hydrogen) atoms. The van der Waals surface area contributed by atoms with E-state index in [1.807, 2.05) is 6.07 Å². The molecule has 2 aromatic carbocycles. The Labute approximate surface area is 120 Å². The average Bonchev–Trinajstić information content (AvgIpc) is 2.47. The molecule has 0 spiro atoms. The van der Waals surface area contributed by atoms with Gasteiger partial charge < -0.3 is 5.73 Å². The van der Waals surface area contributed by atoms with E-state index < -0.39 is 0 Å². The largest absolute Gasteiger partial charge is 0.370 e. The van der Waals surface area contributed by atoms with E-state index in [4.69, 9.17) is 5.73 Å². The topological polar surface area (TPSA) is 43.1 Å². The minimum atomic E-state index is -0.239. The van der Waals surface area contributed by atoms with Crippen LogP contribution in [-0.4, -0.2) is 5.91 Å². The molecule has 2 heteroatoms. The smallest absolute Gasteiger partial charge is 0.217 e. The second kappa shape index (κ2) is 7.49. The van der Waals surface area contributed by atoms with Crippen LogP contribution in [-0.2, 0) is 24.1 Å². The molecule has 0 aromatic heterocycles. The number of rotatable bonds is 7. The molecule has 1 amide bonds. The van der Waals surface area contributed by atoms with Crippen LogP contribution in [0.15, 0.2) is 54.6 Å². The predicted molar refractivity (Wildman–Crippen MR) is 82.4 cm³/mol. The van der Waals surface area contributed by atoms with Gasteiger partial charge in [-0.2, -0.15) is 0 Å². The zero-order valence-electron chi connectivity index (χ0n) is 11.7. The fraction of sp³-hybridized carbons (Fsp3) is 0.278. The molecule has 0 atom stereocenters. The molecular weight excluding hydrogens is 246 g/mol. The molecule has 0 unspecified atom stereocenters. The highest BCUT2D eigenvalue weighted by molar-refractivity contribution is 5.73. The van der Waals surface area contributed by atoms with Gasteiger partial charge in [-0.3, -0.25) is 4.79 Å². The Morgan fingerprint density at radius 1 is 0.750 bits per heavy atom. The lowest BCUT2D eigenvalue weighted by atomic mass is 10.0. The highest BCUT2D eigenvalue weighted by Gasteiger charge is 1.99. The van der Waals surface area contributed by atoms with Gasteiger partial charge in [-0.1, -0.05) is 54.6 Å². The van der Waals surface area contributed by atoms with Gasteiger partial charge in [0.25, 0.3) is 0 Å². The lowest BCUT2D eigenvalue weighted by Gasteiger charge is -2.04. The molecule has 2 N–H and O–H groups in total. The first kappa shape index (κ1) is 14.3. The van der Waals surface area contributed by atoms with E-state index in [2.05, 4.69) is 48.5 Å². The van der Waals surface area contributed by atoms with Gasteiger partial charge in [0.2, 0.25) is 5.91 Å². The maximum absolute atomic E-state index is 10.7. The van der Waals surface area contributed by atoms with E-state index >= 15 is 0 Å². The molecule has 0 aliphatic carbocycles. The van der Waals surface area contributed by atoms with E-state index in [-0.39, 0.29) is 5.91 Å². The van der Waals surface area contributed by atoms with Crippen LogP contribution in [0, 0.1) is 0 Å². The lowest BCUT2D eigenvalue weighted by Crippen LogP contribution is -2.11. The Morgan fingerprint density at radius 2 is 1.25 bits per heavy atom. The van der Waals surface area contributed by atoms with Crippen LogP contribution in [0.5, 0.6) is 0 Å². The molecule has 0 radical (unpaired) electrons. The Balaban J connectivity index is 1.77. The van der Waals surface area contributed by atoms with Gasteiger partial charge in [0.15, 0.2) is 0 Å². The first-order valence-corrected chi connectivity index (χ1v) is 7.14. The maximum Gasteiger partial charge on any atom is 0.217 e. The fourth-order valence-corrected chi connectivity index (χ4v) is 2.28. The number of hydrogen-bond donors (Lipinski definition) is 1. The number of amides is 1. The number of hydrogen-bond acceptors (Lipinski definition) is 1. The molecule has 0 saturated heterocycles. The van der Waals surface area contributed by atoms with Crippen LogP contribution in [0.2, 0.25) is 0 Å². The van der Waals surface area contributed by atoms with Crippen LogP contribution in [0.3, 0.4) is 0 Å². The summed E-state index contributed by atoms with van der Waals surface area (Å²) in [4.78, 5) is 10.7. The van der Waals surface area contributed by atoms with E-state index in [1.54, 1.807) is 0 Å². The number of carbonyl (C=O) groups excluding carboxylic acids is 1. The van der Waals surface area contributed by atoms with Crippen molar-refractivity contribution in [3.8, 4) is 0 Å². The number of primary amides is 1. The highest BCUT2D eigenvalue weighted by Crippen LogP contribution is 2.11. The molecule has 0 saturated carbocycles. The maximum atomic E-state index is 10.7.